The van der Waals surface area contributed by atoms with E-state index >= 15 is 0 Å². The minimum absolute atomic E-state index is 0.0494. The topological polar surface area (TPSA) is 41.6 Å². The summed E-state index contributed by atoms with van der Waals surface area (Å²) in [7, 11) is 0. The lowest BCUT2D eigenvalue weighted by molar-refractivity contribution is -0.138. The molecule has 0 aromatic carbocycles. The van der Waals surface area contributed by atoms with Crippen LogP contribution >= 0.6 is 0 Å². The van der Waals surface area contributed by atoms with Crippen molar-refractivity contribution in [1.29, 1.82) is 0 Å². The number of hydrogen-bond acceptors (Lipinski definition) is 1. The van der Waals surface area contributed by atoms with Gasteiger partial charge in [0.15, 0.2) is 5.96 Å². The van der Waals surface area contributed by atoms with Crippen LogP contribution in [0.2, 0.25) is 0 Å². The van der Waals surface area contributed by atoms with Crippen LogP contribution in [0.4, 0.5) is 13.2 Å². The first-order valence-electron chi connectivity index (χ1n) is 5.22. The van der Waals surface area contributed by atoms with Gasteiger partial charge in [-0.3, -0.25) is 0 Å². The molecule has 0 fully saturated rings. The number of alkyl halides is 3. The van der Waals surface area contributed by atoms with E-state index in [1.807, 2.05) is 0 Å². The van der Waals surface area contributed by atoms with Crippen molar-refractivity contribution in [2.75, 3.05) is 13.1 Å². The average Bonchev–Trinajstić information content (AvgIpc) is 1.97. The minimum atomic E-state index is -4.26. The summed E-state index contributed by atoms with van der Waals surface area (Å²) in [5, 5.41) is 0. The second-order valence-corrected chi connectivity index (χ2v) is 4.68. The highest BCUT2D eigenvalue weighted by atomic mass is 19.4. The Kier molecular flexibility index (Phi) is 5.09. The predicted molar refractivity (Wildman–Crippen MR) is 59.3 cm³/mol. The molecule has 0 spiro atoms. The van der Waals surface area contributed by atoms with Gasteiger partial charge in [-0.2, -0.15) is 13.2 Å². The molecule has 0 amide bonds. The molecular formula is C10H20F3N3. The van der Waals surface area contributed by atoms with E-state index in [9.17, 15) is 13.2 Å². The first kappa shape index (κ1) is 15.1. The van der Waals surface area contributed by atoms with Gasteiger partial charge in [0.1, 0.15) is 6.54 Å². The van der Waals surface area contributed by atoms with Gasteiger partial charge in [-0.15, -0.1) is 0 Å². The van der Waals surface area contributed by atoms with E-state index in [1.165, 1.54) is 0 Å². The third-order valence-corrected chi connectivity index (χ3v) is 1.64. The Bertz CT molecular complexity index is 241. The molecule has 0 unspecified atom stereocenters. The van der Waals surface area contributed by atoms with Crippen molar-refractivity contribution in [3.8, 4) is 0 Å². The van der Waals surface area contributed by atoms with Crippen LogP contribution < -0.4 is 5.73 Å². The molecule has 96 valence electrons. The van der Waals surface area contributed by atoms with Crippen molar-refractivity contribution >= 4 is 5.96 Å². The molecule has 6 heteroatoms. The molecule has 0 radical (unpaired) electrons. The Balaban J connectivity index is 4.72. The lowest BCUT2D eigenvalue weighted by Gasteiger charge is -2.26. The quantitative estimate of drug-likeness (QED) is 0.607. The summed E-state index contributed by atoms with van der Waals surface area (Å²) in [6.07, 6.45) is -3.66. The smallest absolute Gasteiger partial charge is 0.370 e. The van der Waals surface area contributed by atoms with Gasteiger partial charge in [0.2, 0.25) is 0 Å². The third kappa shape index (κ3) is 7.36. The van der Waals surface area contributed by atoms with E-state index in [2.05, 4.69) is 4.99 Å². The number of nitrogens with two attached hydrogens (primary N) is 1. The van der Waals surface area contributed by atoms with Crippen LogP contribution in [0.1, 0.15) is 34.1 Å². The van der Waals surface area contributed by atoms with Crippen LogP contribution in [0.3, 0.4) is 0 Å². The summed E-state index contributed by atoms with van der Waals surface area (Å²) >= 11 is 0. The fourth-order valence-corrected chi connectivity index (χ4v) is 1.18. The van der Waals surface area contributed by atoms with E-state index in [0.29, 0.717) is 6.42 Å². The maximum absolute atomic E-state index is 12.3. The van der Waals surface area contributed by atoms with Gasteiger partial charge in [-0.05, 0) is 27.2 Å². The summed E-state index contributed by atoms with van der Waals surface area (Å²) in [4.78, 5) is 5.09. The lowest BCUT2D eigenvalue weighted by Crippen LogP contribution is -2.44. The van der Waals surface area contributed by atoms with E-state index in [4.69, 9.17) is 5.73 Å². The molecule has 0 saturated carbocycles. The van der Waals surface area contributed by atoms with Gasteiger partial charge >= 0.3 is 6.18 Å². The zero-order valence-electron chi connectivity index (χ0n) is 10.2. The van der Waals surface area contributed by atoms with Gasteiger partial charge in [0.05, 0.1) is 5.54 Å². The number of hydrogen-bond donors (Lipinski definition) is 1. The first-order valence-corrected chi connectivity index (χ1v) is 5.22. The zero-order valence-corrected chi connectivity index (χ0v) is 10.2. The Morgan fingerprint density at radius 3 is 2.06 bits per heavy atom. The molecule has 0 bridgehead atoms. The maximum atomic E-state index is 12.3. The molecule has 0 aromatic heterocycles. The summed E-state index contributed by atoms with van der Waals surface area (Å²) in [5.74, 6) is -0.0494. The average molecular weight is 239 g/mol. The zero-order chi connectivity index (χ0) is 13.0. The van der Waals surface area contributed by atoms with Gasteiger partial charge in [-0.25, -0.2) is 4.99 Å². The summed E-state index contributed by atoms with van der Waals surface area (Å²) in [5.41, 5.74) is 5.10. The molecule has 0 atom stereocenters. The number of rotatable bonds is 3. The Morgan fingerprint density at radius 2 is 1.75 bits per heavy atom. The molecule has 0 aliphatic rings. The summed E-state index contributed by atoms with van der Waals surface area (Å²) < 4.78 is 36.8. The number of aliphatic imine (C=N–C) groups is 1. The Morgan fingerprint density at radius 1 is 1.25 bits per heavy atom. The monoisotopic (exact) mass is 239 g/mol. The summed E-state index contributed by atoms with van der Waals surface area (Å²) in [6.45, 7) is 6.37. The van der Waals surface area contributed by atoms with Crippen LogP contribution in [0.25, 0.3) is 0 Å². The van der Waals surface area contributed by atoms with Crippen molar-refractivity contribution in [2.45, 2.75) is 45.8 Å². The van der Waals surface area contributed by atoms with Crippen molar-refractivity contribution in [1.82, 2.24) is 4.90 Å². The molecule has 3 nitrogen and oxygen atoms in total. The van der Waals surface area contributed by atoms with Gasteiger partial charge in [-0.1, -0.05) is 6.92 Å². The Labute approximate surface area is 94.5 Å². The van der Waals surface area contributed by atoms with Crippen LogP contribution in [-0.2, 0) is 0 Å². The molecule has 16 heavy (non-hydrogen) atoms. The van der Waals surface area contributed by atoms with E-state index in [0.717, 1.165) is 4.90 Å². The van der Waals surface area contributed by atoms with Crippen LogP contribution in [0.5, 0.6) is 0 Å². The fourth-order valence-electron chi connectivity index (χ4n) is 1.18. The third-order valence-electron chi connectivity index (χ3n) is 1.64. The largest absolute Gasteiger partial charge is 0.406 e. The van der Waals surface area contributed by atoms with Crippen LogP contribution in [-0.4, -0.2) is 35.7 Å². The molecule has 0 heterocycles. The highest BCUT2D eigenvalue weighted by Gasteiger charge is 2.31. The fraction of sp³-hybridized carbons (Fsp3) is 0.900. The highest BCUT2D eigenvalue weighted by molar-refractivity contribution is 5.78. The second kappa shape index (κ2) is 5.41. The minimum Gasteiger partial charge on any atom is -0.370 e. The number of guanidine groups is 1. The highest BCUT2D eigenvalue weighted by Crippen LogP contribution is 2.17. The molecular weight excluding hydrogens is 219 g/mol. The molecule has 0 rings (SSSR count). The van der Waals surface area contributed by atoms with Crippen molar-refractivity contribution in [2.24, 2.45) is 10.7 Å². The van der Waals surface area contributed by atoms with Gasteiger partial charge < -0.3 is 10.6 Å². The number of halogens is 3. The van der Waals surface area contributed by atoms with E-state index < -0.39 is 18.3 Å². The van der Waals surface area contributed by atoms with Gasteiger partial charge in [0.25, 0.3) is 0 Å². The molecule has 0 aromatic rings. The normalized spacial score (nSPS) is 14.1. The molecule has 0 aliphatic heterocycles. The summed E-state index contributed by atoms with van der Waals surface area (Å²) in [6, 6.07) is 0. The van der Waals surface area contributed by atoms with Gasteiger partial charge in [0, 0.05) is 6.54 Å². The molecule has 0 aliphatic carbocycles. The predicted octanol–water partition coefficient (Wildman–Crippen LogP) is 2.37. The van der Waals surface area contributed by atoms with Crippen molar-refractivity contribution in [3.63, 3.8) is 0 Å². The molecule has 0 saturated heterocycles. The second-order valence-electron chi connectivity index (χ2n) is 4.68. The SMILES string of the molecule is CCCN(CC(F)(F)F)C(N)=NC(C)(C)C. The molecule has 2 N–H and O–H groups in total. The Hall–Kier alpha value is -0.940. The number of nitrogens with zero attached hydrogens (tertiary/aromatic N) is 2. The standard InChI is InChI=1S/C10H20F3N3/c1-5-6-16(7-10(11,12)13)8(14)15-9(2,3)4/h5-7H2,1-4H3,(H2,14,15). The first-order chi connectivity index (χ1) is 7.05. The maximum Gasteiger partial charge on any atom is 0.406 e. The van der Waals surface area contributed by atoms with Crippen LogP contribution in [0, 0.1) is 0 Å². The van der Waals surface area contributed by atoms with Crippen molar-refractivity contribution < 1.29 is 13.2 Å². The lowest BCUT2D eigenvalue weighted by atomic mass is 10.1. The van der Waals surface area contributed by atoms with Crippen molar-refractivity contribution in [3.05, 3.63) is 0 Å². The van der Waals surface area contributed by atoms with E-state index in [1.54, 1.807) is 27.7 Å². The van der Waals surface area contributed by atoms with Crippen LogP contribution in [0.15, 0.2) is 4.99 Å². The van der Waals surface area contributed by atoms with E-state index in [-0.39, 0.29) is 12.5 Å².